The molecule has 2 rings (SSSR count). The lowest BCUT2D eigenvalue weighted by atomic mass is 10.3. The van der Waals surface area contributed by atoms with Gasteiger partial charge in [0.05, 0.1) is 19.0 Å². The molecule has 0 spiro atoms. The summed E-state index contributed by atoms with van der Waals surface area (Å²) in [5.41, 5.74) is 2.08. The molecule has 1 aromatic rings. The SMILES string of the molecule is COc1cnc(C)cc1NC1CC1C. The maximum absolute atomic E-state index is 5.24. The molecule has 0 aromatic carbocycles. The number of pyridine rings is 1. The number of nitrogens with zero attached hydrogens (tertiary/aromatic N) is 1. The van der Waals surface area contributed by atoms with Crippen LogP contribution in [0.25, 0.3) is 0 Å². The number of aromatic nitrogens is 1. The van der Waals surface area contributed by atoms with Crippen molar-refractivity contribution in [2.24, 2.45) is 5.92 Å². The van der Waals surface area contributed by atoms with E-state index >= 15 is 0 Å². The van der Waals surface area contributed by atoms with Crippen molar-refractivity contribution in [1.82, 2.24) is 4.98 Å². The molecule has 1 heterocycles. The van der Waals surface area contributed by atoms with Crippen molar-refractivity contribution in [3.8, 4) is 5.75 Å². The van der Waals surface area contributed by atoms with E-state index in [1.807, 2.05) is 13.0 Å². The van der Waals surface area contributed by atoms with Gasteiger partial charge >= 0.3 is 0 Å². The van der Waals surface area contributed by atoms with Gasteiger partial charge in [0.15, 0.2) is 5.75 Å². The lowest BCUT2D eigenvalue weighted by Crippen LogP contribution is -2.05. The Bertz CT molecular complexity index is 338. The summed E-state index contributed by atoms with van der Waals surface area (Å²) >= 11 is 0. The van der Waals surface area contributed by atoms with Gasteiger partial charge in [0.1, 0.15) is 0 Å². The van der Waals surface area contributed by atoms with Gasteiger partial charge in [-0.1, -0.05) is 6.92 Å². The van der Waals surface area contributed by atoms with Crippen LogP contribution in [0.1, 0.15) is 19.0 Å². The van der Waals surface area contributed by atoms with Gasteiger partial charge < -0.3 is 10.1 Å². The van der Waals surface area contributed by atoms with Gasteiger partial charge in [-0.2, -0.15) is 0 Å². The standard InChI is InChI=1S/C11H16N2O/c1-7-4-9(7)13-10-5-8(2)12-6-11(10)14-3/h5-7,9H,4H2,1-3H3,(H,12,13). The van der Waals surface area contributed by atoms with Gasteiger partial charge in [0.2, 0.25) is 0 Å². The minimum atomic E-state index is 0.616. The second-order valence-corrected chi connectivity index (χ2v) is 3.99. The highest BCUT2D eigenvalue weighted by atomic mass is 16.5. The van der Waals surface area contributed by atoms with E-state index in [4.69, 9.17) is 4.74 Å². The van der Waals surface area contributed by atoms with Gasteiger partial charge in [0.25, 0.3) is 0 Å². The normalized spacial score (nSPS) is 24.5. The van der Waals surface area contributed by atoms with E-state index in [2.05, 4.69) is 17.2 Å². The number of anilines is 1. The predicted octanol–water partition coefficient (Wildman–Crippen LogP) is 2.22. The Morgan fingerprint density at radius 3 is 2.86 bits per heavy atom. The van der Waals surface area contributed by atoms with E-state index in [1.54, 1.807) is 13.3 Å². The molecule has 0 aliphatic heterocycles. The molecular formula is C11H16N2O. The summed E-state index contributed by atoms with van der Waals surface area (Å²) < 4.78 is 5.24. The molecule has 2 unspecified atom stereocenters. The summed E-state index contributed by atoms with van der Waals surface area (Å²) in [6, 6.07) is 2.65. The van der Waals surface area contributed by atoms with Crippen LogP contribution in [0.15, 0.2) is 12.3 Å². The molecule has 0 radical (unpaired) electrons. The minimum absolute atomic E-state index is 0.616. The Balaban J connectivity index is 2.17. The summed E-state index contributed by atoms with van der Waals surface area (Å²) in [5.74, 6) is 1.61. The van der Waals surface area contributed by atoms with E-state index in [0.717, 1.165) is 23.0 Å². The van der Waals surface area contributed by atoms with Crippen molar-refractivity contribution in [2.75, 3.05) is 12.4 Å². The third kappa shape index (κ3) is 1.81. The summed E-state index contributed by atoms with van der Waals surface area (Å²) in [4.78, 5) is 4.19. The highest BCUT2D eigenvalue weighted by Gasteiger charge is 2.32. The number of methoxy groups -OCH3 is 1. The largest absolute Gasteiger partial charge is 0.493 e. The van der Waals surface area contributed by atoms with Crippen LogP contribution in [0, 0.1) is 12.8 Å². The fourth-order valence-electron chi connectivity index (χ4n) is 1.55. The number of aryl methyl sites for hydroxylation is 1. The maximum atomic E-state index is 5.24. The number of hydrogen-bond donors (Lipinski definition) is 1. The highest BCUT2D eigenvalue weighted by molar-refractivity contribution is 5.57. The molecule has 3 heteroatoms. The van der Waals surface area contributed by atoms with Crippen molar-refractivity contribution in [3.05, 3.63) is 18.0 Å². The van der Waals surface area contributed by atoms with E-state index in [1.165, 1.54) is 6.42 Å². The van der Waals surface area contributed by atoms with Crippen molar-refractivity contribution in [1.29, 1.82) is 0 Å². The first kappa shape index (κ1) is 9.31. The number of nitrogens with one attached hydrogen (secondary N) is 1. The molecule has 1 aliphatic carbocycles. The Labute approximate surface area is 84.5 Å². The van der Waals surface area contributed by atoms with Crippen LogP contribution >= 0.6 is 0 Å². The second-order valence-electron chi connectivity index (χ2n) is 3.99. The van der Waals surface area contributed by atoms with Gasteiger partial charge in [-0.25, -0.2) is 0 Å². The Morgan fingerprint density at radius 2 is 2.29 bits per heavy atom. The highest BCUT2D eigenvalue weighted by Crippen LogP contribution is 2.35. The molecule has 1 saturated carbocycles. The molecule has 76 valence electrons. The third-order valence-electron chi connectivity index (χ3n) is 2.67. The summed E-state index contributed by atoms with van der Waals surface area (Å²) in [5, 5.41) is 3.46. The smallest absolute Gasteiger partial charge is 0.160 e. The predicted molar refractivity (Wildman–Crippen MR) is 56.7 cm³/mol. The molecule has 1 fully saturated rings. The van der Waals surface area contributed by atoms with Crippen LogP contribution < -0.4 is 10.1 Å². The minimum Gasteiger partial charge on any atom is -0.493 e. The molecular weight excluding hydrogens is 176 g/mol. The van der Waals surface area contributed by atoms with Crippen molar-refractivity contribution in [3.63, 3.8) is 0 Å². The second kappa shape index (κ2) is 3.48. The molecule has 0 bridgehead atoms. The van der Waals surface area contributed by atoms with Gasteiger partial charge in [-0.05, 0) is 25.3 Å². The van der Waals surface area contributed by atoms with Gasteiger partial charge in [-0.15, -0.1) is 0 Å². The average molecular weight is 192 g/mol. The molecule has 0 saturated heterocycles. The van der Waals surface area contributed by atoms with E-state index in [9.17, 15) is 0 Å². The Kier molecular flexibility index (Phi) is 2.32. The molecule has 14 heavy (non-hydrogen) atoms. The first-order chi connectivity index (χ1) is 6.70. The van der Waals surface area contributed by atoms with Crippen LogP contribution in [0.4, 0.5) is 5.69 Å². The van der Waals surface area contributed by atoms with Crippen LogP contribution in [0.5, 0.6) is 5.75 Å². The lowest BCUT2D eigenvalue weighted by Gasteiger charge is -2.10. The van der Waals surface area contributed by atoms with E-state index in [0.29, 0.717) is 6.04 Å². The zero-order valence-electron chi connectivity index (χ0n) is 8.87. The maximum Gasteiger partial charge on any atom is 0.160 e. The summed E-state index contributed by atoms with van der Waals surface area (Å²) in [6.45, 7) is 4.24. The van der Waals surface area contributed by atoms with E-state index < -0.39 is 0 Å². The lowest BCUT2D eigenvalue weighted by molar-refractivity contribution is 0.414. The molecule has 1 N–H and O–H groups in total. The van der Waals surface area contributed by atoms with Gasteiger partial charge in [-0.3, -0.25) is 4.98 Å². The van der Waals surface area contributed by atoms with Crippen LogP contribution in [0.3, 0.4) is 0 Å². The molecule has 3 nitrogen and oxygen atoms in total. The monoisotopic (exact) mass is 192 g/mol. The topological polar surface area (TPSA) is 34.1 Å². The first-order valence-corrected chi connectivity index (χ1v) is 4.98. The molecule has 2 atom stereocenters. The quantitative estimate of drug-likeness (QED) is 0.797. The number of ether oxygens (including phenoxy) is 1. The number of hydrogen-bond acceptors (Lipinski definition) is 3. The van der Waals surface area contributed by atoms with Crippen LogP contribution in [-0.4, -0.2) is 18.1 Å². The van der Waals surface area contributed by atoms with E-state index in [-0.39, 0.29) is 0 Å². The summed E-state index contributed by atoms with van der Waals surface area (Å²) in [6.07, 6.45) is 3.02. The zero-order chi connectivity index (χ0) is 10.1. The molecule has 1 aliphatic rings. The third-order valence-corrected chi connectivity index (χ3v) is 2.67. The van der Waals surface area contributed by atoms with Crippen molar-refractivity contribution >= 4 is 5.69 Å². The van der Waals surface area contributed by atoms with Crippen LogP contribution in [-0.2, 0) is 0 Å². The fraction of sp³-hybridized carbons (Fsp3) is 0.545. The Hall–Kier alpha value is -1.25. The first-order valence-electron chi connectivity index (χ1n) is 4.98. The van der Waals surface area contributed by atoms with Crippen LogP contribution in [0.2, 0.25) is 0 Å². The van der Waals surface area contributed by atoms with Crippen molar-refractivity contribution in [2.45, 2.75) is 26.3 Å². The zero-order valence-corrected chi connectivity index (χ0v) is 8.87. The van der Waals surface area contributed by atoms with Gasteiger partial charge in [0, 0.05) is 11.7 Å². The molecule has 0 amide bonds. The van der Waals surface area contributed by atoms with Crippen molar-refractivity contribution < 1.29 is 4.74 Å². The average Bonchev–Trinajstić information content (AvgIpc) is 2.82. The molecule has 1 aromatic heterocycles. The number of rotatable bonds is 3. The summed E-state index contributed by atoms with van der Waals surface area (Å²) in [7, 11) is 1.67. The Morgan fingerprint density at radius 1 is 1.57 bits per heavy atom. The fourth-order valence-corrected chi connectivity index (χ4v) is 1.55.